The number of carbonyl (C=O) groups excluding carboxylic acids is 1. The lowest BCUT2D eigenvalue weighted by Crippen LogP contribution is -2.41. The first kappa shape index (κ1) is 16.4. The molecule has 6 nitrogen and oxygen atoms in total. The lowest BCUT2D eigenvalue weighted by atomic mass is 10.2. The zero-order valence-corrected chi connectivity index (χ0v) is 13.2. The van der Waals surface area contributed by atoms with E-state index in [-0.39, 0.29) is 13.2 Å². The maximum absolute atomic E-state index is 13.8. The third-order valence-corrected chi connectivity index (χ3v) is 3.85. The molecule has 3 heterocycles. The second-order valence-electron chi connectivity index (χ2n) is 5.89. The number of carbonyl (C=O) groups is 1. The zero-order valence-electron chi connectivity index (χ0n) is 13.2. The molecule has 128 valence electrons. The minimum atomic E-state index is -2.90. The maximum atomic E-state index is 13.8. The zero-order chi connectivity index (χ0) is 17.2. The van der Waals surface area contributed by atoms with Gasteiger partial charge in [-0.25, -0.2) is 8.78 Å². The van der Waals surface area contributed by atoms with Crippen molar-refractivity contribution in [3.05, 3.63) is 42.5 Å². The van der Waals surface area contributed by atoms with Crippen LogP contribution < -0.4 is 4.74 Å². The number of amides is 1. The molecule has 1 aliphatic heterocycles. The number of pyridine rings is 1. The first-order valence-electron chi connectivity index (χ1n) is 7.63. The van der Waals surface area contributed by atoms with Crippen LogP contribution in [-0.4, -0.2) is 50.7 Å². The van der Waals surface area contributed by atoms with Crippen LogP contribution in [0.25, 0.3) is 0 Å². The summed E-state index contributed by atoms with van der Waals surface area (Å²) in [6.07, 6.45) is 4.35. The Hall–Kier alpha value is -2.51. The molecule has 2 aromatic rings. The number of halogens is 2. The number of hydrogen-bond acceptors (Lipinski definition) is 4. The van der Waals surface area contributed by atoms with Crippen molar-refractivity contribution in [2.24, 2.45) is 0 Å². The molecular formula is C16H18F2N4O2. The Kier molecular flexibility index (Phi) is 4.46. The second-order valence-corrected chi connectivity index (χ2v) is 5.89. The molecule has 1 saturated heterocycles. The van der Waals surface area contributed by atoms with E-state index < -0.39 is 30.8 Å². The van der Waals surface area contributed by atoms with Crippen molar-refractivity contribution >= 4 is 5.91 Å². The number of aryl methyl sites for hydroxylation is 1. The molecule has 0 aliphatic carbocycles. The van der Waals surface area contributed by atoms with Gasteiger partial charge in [0.2, 0.25) is 5.91 Å². The highest BCUT2D eigenvalue weighted by Crippen LogP contribution is 2.32. The largest absolute Gasteiger partial charge is 0.490 e. The summed E-state index contributed by atoms with van der Waals surface area (Å²) in [7, 11) is 0. The fraction of sp³-hybridized carbons (Fsp3) is 0.438. The number of nitrogens with zero attached hydrogens (tertiary/aromatic N) is 4. The van der Waals surface area contributed by atoms with Crippen molar-refractivity contribution in [2.75, 3.05) is 13.2 Å². The first-order chi connectivity index (χ1) is 11.4. The van der Waals surface area contributed by atoms with Gasteiger partial charge in [0.05, 0.1) is 24.5 Å². The van der Waals surface area contributed by atoms with Crippen molar-refractivity contribution in [3.63, 3.8) is 0 Å². The molecule has 0 saturated carbocycles. The van der Waals surface area contributed by atoms with Gasteiger partial charge in [-0.3, -0.25) is 14.5 Å². The Morgan fingerprint density at radius 1 is 1.46 bits per heavy atom. The van der Waals surface area contributed by atoms with Crippen LogP contribution in [0.15, 0.2) is 36.8 Å². The minimum Gasteiger partial charge on any atom is -0.490 e. The molecule has 0 bridgehead atoms. The molecule has 1 fully saturated rings. The van der Waals surface area contributed by atoms with Crippen LogP contribution >= 0.6 is 0 Å². The number of hydrogen-bond donors (Lipinski definition) is 0. The Morgan fingerprint density at radius 2 is 2.29 bits per heavy atom. The predicted molar refractivity (Wildman–Crippen MR) is 81.8 cm³/mol. The van der Waals surface area contributed by atoms with Gasteiger partial charge in [0.25, 0.3) is 5.92 Å². The van der Waals surface area contributed by atoms with E-state index in [2.05, 4.69) is 10.1 Å². The second kappa shape index (κ2) is 6.54. The quantitative estimate of drug-likeness (QED) is 0.837. The normalized spacial score (nSPS) is 19.5. The van der Waals surface area contributed by atoms with E-state index in [4.69, 9.17) is 4.74 Å². The summed E-state index contributed by atoms with van der Waals surface area (Å²) in [5, 5.41) is 4.12. The summed E-state index contributed by atoms with van der Waals surface area (Å²) in [6, 6.07) is 4.47. The Morgan fingerprint density at radius 3 is 2.96 bits per heavy atom. The van der Waals surface area contributed by atoms with Gasteiger partial charge >= 0.3 is 0 Å². The number of alkyl halides is 2. The molecule has 0 spiro atoms. The van der Waals surface area contributed by atoms with Crippen LogP contribution in [-0.2, 0) is 11.3 Å². The van der Waals surface area contributed by atoms with Gasteiger partial charge in [0.1, 0.15) is 18.9 Å². The minimum absolute atomic E-state index is 0.00512. The number of aromatic nitrogens is 3. The molecule has 0 aromatic carbocycles. The average molecular weight is 336 g/mol. The standard InChI is InChI=1S/C16H18F2N4O2/c1-12-4-6-21(20-12)9-15(23)22-11-16(17,18)7-13(22)10-24-14-3-2-5-19-8-14/h2-6,8,13H,7,9-11H2,1H3/t13-/m0/s1. The van der Waals surface area contributed by atoms with Crippen LogP contribution in [0.3, 0.4) is 0 Å². The van der Waals surface area contributed by atoms with Gasteiger partial charge < -0.3 is 9.64 Å². The van der Waals surface area contributed by atoms with Crippen LogP contribution in [0, 0.1) is 6.92 Å². The highest BCUT2D eigenvalue weighted by atomic mass is 19.3. The van der Waals surface area contributed by atoms with E-state index in [9.17, 15) is 13.6 Å². The van der Waals surface area contributed by atoms with E-state index in [0.717, 1.165) is 5.69 Å². The van der Waals surface area contributed by atoms with Crippen molar-refractivity contribution in [2.45, 2.75) is 31.9 Å². The summed E-state index contributed by atoms with van der Waals surface area (Å²) >= 11 is 0. The van der Waals surface area contributed by atoms with E-state index >= 15 is 0 Å². The van der Waals surface area contributed by atoms with E-state index in [0.29, 0.717) is 5.75 Å². The smallest absolute Gasteiger partial charge is 0.267 e. The summed E-state index contributed by atoms with van der Waals surface area (Å²) in [5.41, 5.74) is 0.769. The van der Waals surface area contributed by atoms with Gasteiger partial charge in [-0.2, -0.15) is 5.10 Å². The summed E-state index contributed by atoms with van der Waals surface area (Å²) in [5.74, 6) is -2.81. The molecule has 1 aliphatic rings. The molecule has 0 N–H and O–H groups in total. The maximum Gasteiger partial charge on any atom is 0.267 e. The fourth-order valence-corrected chi connectivity index (χ4v) is 2.74. The summed E-state index contributed by atoms with van der Waals surface area (Å²) in [6.45, 7) is 1.15. The lowest BCUT2D eigenvalue weighted by Gasteiger charge is -2.24. The Bertz CT molecular complexity index is 705. The summed E-state index contributed by atoms with van der Waals surface area (Å²) < 4.78 is 34.5. The van der Waals surface area contributed by atoms with E-state index in [1.54, 1.807) is 37.5 Å². The summed E-state index contributed by atoms with van der Waals surface area (Å²) in [4.78, 5) is 17.5. The van der Waals surface area contributed by atoms with Gasteiger partial charge in [-0.15, -0.1) is 0 Å². The van der Waals surface area contributed by atoms with Crippen molar-refractivity contribution in [1.82, 2.24) is 19.7 Å². The molecular weight excluding hydrogens is 318 g/mol. The number of ether oxygens (including phenoxy) is 1. The SMILES string of the molecule is Cc1ccn(CC(=O)N2CC(F)(F)C[C@H]2COc2cccnc2)n1. The molecule has 24 heavy (non-hydrogen) atoms. The molecule has 1 atom stereocenters. The van der Waals surface area contributed by atoms with Crippen LogP contribution in [0.1, 0.15) is 12.1 Å². The topological polar surface area (TPSA) is 60.2 Å². The highest BCUT2D eigenvalue weighted by Gasteiger charge is 2.47. The molecule has 8 heteroatoms. The third kappa shape index (κ3) is 3.87. The first-order valence-corrected chi connectivity index (χ1v) is 7.63. The number of likely N-dealkylation sites (tertiary alicyclic amines) is 1. The molecule has 3 rings (SSSR count). The van der Waals surface area contributed by atoms with E-state index in [1.165, 1.54) is 15.8 Å². The van der Waals surface area contributed by atoms with Gasteiger partial charge in [-0.05, 0) is 25.1 Å². The molecule has 0 unspecified atom stereocenters. The Labute approximate surface area is 138 Å². The van der Waals surface area contributed by atoms with Crippen molar-refractivity contribution < 1.29 is 18.3 Å². The van der Waals surface area contributed by atoms with Crippen LogP contribution in [0.4, 0.5) is 8.78 Å². The van der Waals surface area contributed by atoms with Gasteiger partial charge in [0.15, 0.2) is 0 Å². The van der Waals surface area contributed by atoms with Crippen molar-refractivity contribution in [1.29, 1.82) is 0 Å². The number of rotatable bonds is 5. The molecule has 2 aromatic heterocycles. The van der Waals surface area contributed by atoms with Crippen LogP contribution in [0.5, 0.6) is 5.75 Å². The van der Waals surface area contributed by atoms with Crippen molar-refractivity contribution in [3.8, 4) is 5.75 Å². The monoisotopic (exact) mass is 336 g/mol. The fourth-order valence-electron chi connectivity index (χ4n) is 2.74. The third-order valence-electron chi connectivity index (χ3n) is 3.85. The van der Waals surface area contributed by atoms with E-state index in [1.807, 2.05) is 0 Å². The Balaban J connectivity index is 1.65. The average Bonchev–Trinajstić information content (AvgIpc) is 3.08. The lowest BCUT2D eigenvalue weighted by molar-refractivity contribution is -0.134. The predicted octanol–water partition coefficient (Wildman–Crippen LogP) is 1.90. The molecule has 1 amide bonds. The van der Waals surface area contributed by atoms with Gasteiger partial charge in [0, 0.05) is 18.8 Å². The van der Waals surface area contributed by atoms with Crippen LogP contribution in [0.2, 0.25) is 0 Å². The molecule has 0 radical (unpaired) electrons. The van der Waals surface area contributed by atoms with Gasteiger partial charge in [-0.1, -0.05) is 0 Å². The highest BCUT2D eigenvalue weighted by molar-refractivity contribution is 5.76.